The summed E-state index contributed by atoms with van der Waals surface area (Å²) < 4.78 is 0. The van der Waals surface area contributed by atoms with Gasteiger partial charge in [0.25, 0.3) is 0 Å². The van der Waals surface area contributed by atoms with Crippen molar-refractivity contribution in [3.8, 4) is 11.3 Å². The molecule has 0 aliphatic rings. The molecule has 4 heteroatoms. The average molecular weight is 275 g/mol. The van der Waals surface area contributed by atoms with Gasteiger partial charge in [0, 0.05) is 18.2 Å². The zero-order chi connectivity index (χ0) is 12.4. The van der Waals surface area contributed by atoms with Crippen LogP contribution in [0.15, 0.2) is 47.3 Å². The van der Waals surface area contributed by atoms with Crippen LogP contribution in [0.25, 0.3) is 11.3 Å². The van der Waals surface area contributed by atoms with Gasteiger partial charge in [0.05, 0.1) is 10.7 Å². The summed E-state index contributed by atoms with van der Waals surface area (Å²) in [6.45, 7) is 0. The topological polar surface area (TPSA) is 28.7 Å². The predicted molar refractivity (Wildman–Crippen MR) is 76.2 cm³/mol. The highest BCUT2D eigenvalue weighted by atomic mass is 35.5. The van der Waals surface area contributed by atoms with Gasteiger partial charge in [-0.15, -0.1) is 0 Å². The van der Waals surface area contributed by atoms with E-state index in [-0.39, 0.29) is 0 Å². The molecule has 0 spiro atoms. The van der Waals surface area contributed by atoms with Crippen molar-refractivity contribution in [3.63, 3.8) is 0 Å². The number of aromatic amines is 1. The summed E-state index contributed by atoms with van der Waals surface area (Å²) >= 11 is 7.86. The molecule has 0 unspecified atom stereocenters. The maximum atomic E-state index is 6.16. The van der Waals surface area contributed by atoms with E-state index in [9.17, 15) is 0 Å². The van der Waals surface area contributed by atoms with Crippen molar-refractivity contribution in [3.05, 3.63) is 63.7 Å². The van der Waals surface area contributed by atoms with E-state index in [4.69, 9.17) is 11.6 Å². The van der Waals surface area contributed by atoms with Crippen LogP contribution in [0.3, 0.4) is 0 Å². The van der Waals surface area contributed by atoms with Gasteiger partial charge >= 0.3 is 0 Å². The van der Waals surface area contributed by atoms with Crippen molar-refractivity contribution in [1.29, 1.82) is 0 Å². The van der Waals surface area contributed by atoms with E-state index < -0.39 is 0 Å². The minimum atomic E-state index is 0.728. The lowest BCUT2D eigenvalue weighted by molar-refractivity contribution is 1.03. The minimum Gasteiger partial charge on any atom is -0.348 e. The van der Waals surface area contributed by atoms with Crippen LogP contribution in [0.1, 0.15) is 11.4 Å². The van der Waals surface area contributed by atoms with Gasteiger partial charge in [0.1, 0.15) is 5.82 Å². The molecule has 0 aliphatic heterocycles. The number of benzene rings is 1. The first-order valence-electron chi connectivity index (χ1n) is 5.63. The van der Waals surface area contributed by atoms with Crippen LogP contribution in [-0.4, -0.2) is 9.97 Å². The molecule has 3 rings (SSSR count). The fraction of sp³-hybridized carbons (Fsp3) is 0.0714. The molecule has 0 saturated heterocycles. The van der Waals surface area contributed by atoms with Crippen LogP contribution in [0.4, 0.5) is 0 Å². The van der Waals surface area contributed by atoms with Gasteiger partial charge in [-0.3, -0.25) is 0 Å². The van der Waals surface area contributed by atoms with Crippen molar-refractivity contribution in [2.24, 2.45) is 0 Å². The summed E-state index contributed by atoms with van der Waals surface area (Å²) in [6.07, 6.45) is 2.73. The third-order valence-corrected chi connectivity index (χ3v) is 3.79. The molecule has 0 radical (unpaired) electrons. The van der Waals surface area contributed by atoms with Gasteiger partial charge in [-0.05, 0) is 28.5 Å². The highest BCUT2D eigenvalue weighted by Crippen LogP contribution is 2.26. The Morgan fingerprint density at radius 1 is 1.22 bits per heavy atom. The first-order chi connectivity index (χ1) is 8.83. The fourth-order valence-electron chi connectivity index (χ4n) is 1.85. The molecule has 0 amide bonds. The highest BCUT2D eigenvalue weighted by molar-refractivity contribution is 7.07. The Balaban J connectivity index is 1.88. The maximum absolute atomic E-state index is 6.16. The van der Waals surface area contributed by atoms with Crippen molar-refractivity contribution in [2.75, 3.05) is 0 Å². The second-order valence-corrected chi connectivity index (χ2v) is 5.21. The lowest BCUT2D eigenvalue weighted by Crippen LogP contribution is -1.88. The lowest BCUT2D eigenvalue weighted by Gasteiger charge is -1.98. The molecule has 18 heavy (non-hydrogen) atoms. The second-order valence-electron chi connectivity index (χ2n) is 4.02. The van der Waals surface area contributed by atoms with Gasteiger partial charge in [0.2, 0.25) is 0 Å². The molecule has 1 N–H and O–H groups in total. The van der Waals surface area contributed by atoms with Crippen LogP contribution >= 0.6 is 22.9 Å². The minimum absolute atomic E-state index is 0.728. The van der Waals surface area contributed by atoms with Crippen LogP contribution in [0.5, 0.6) is 0 Å². The largest absolute Gasteiger partial charge is 0.348 e. The van der Waals surface area contributed by atoms with E-state index in [1.54, 1.807) is 11.3 Å². The quantitative estimate of drug-likeness (QED) is 0.754. The smallest absolute Gasteiger partial charge is 0.111 e. The zero-order valence-corrected chi connectivity index (χ0v) is 11.1. The predicted octanol–water partition coefficient (Wildman–Crippen LogP) is 4.38. The number of thiophene rings is 1. The molecule has 0 atom stereocenters. The summed E-state index contributed by atoms with van der Waals surface area (Å²) in [5.74, 6) is 0.961. The monoisotopic (exact) mass is 274 g/mol. The van der Waals surface area contributed by atoms with Crippen molar-refractivity contribution >= 4 is 22.9 Å². The van der Waals surface area contributed by atoms with Crippen LogP contribution in [0.2, 0.25) is 5.02 Å². The third kappa shape index (κ3) is 2.33. The number of hydrogen-bond donors (Lipinski definition) is 1. The second kappa shape index (κ2) is 4.96. The number of imidazole rings is 1. The number of halogens is 1. The number of nitrogens with zero attached hydrogens (tertiary/aromatic N) is 1. The van der Waals surface area contributed by atoms with E-state index in [2.05, 4.69) is 26.8 Å². The lowest BCUT2D eigenvalue weighted by atomic mass is 10.2. The fourth-order valence-corrected chi connectivity index (χ4v) is 2.75. The van der Waals surface area contributed by atoms with Crippen molar-refractivity contribution < 1.29 is 0 Å². The Hall–Kier alpha value is -1.58. The van der Waals surface area contributed by atoms with E-state index in [1.807, 2.05) is 30.5 Å². The molecule has 0 saturated carbocycles. The van der Waals surface area contributed by atoms with Crippen molar-refractivity contribution in [1.82, 2.24) is 9.97 Å². The first kappa shape index (κ1) is 11.5. The van der Waals surface area contributed by atoms with Crippen LogP contribution in [-0.2, 0) is 6.42 Å². The standard InChI is InChI=1S/C14H11ClN2S/c15-12-4-2-1-3-11(12)13-8-16-14(17-13)7-10-5-6-18-9-10/h1-6,8-9H,7H2,(H,16,17). The van der Waals surface area contributed by atoms with Gasteiger partial charge in [0.15, 0.2) is 0 Å². The zero-order valence-electron chi connectivity index (χ0n) is 9.56. The number of H-pyrrole nitrogens is 1. The Morgan fingerprint density at radius 2 is 2.11 bits per heavy atom. The van der Waals surface area contributed by atoms with E-state index in [1.165, 1.54) is 5.56 Å². The maximum Gasteiger partial charge on any atom is 0.111 e. The molecule has 2 nitrogen and oxygen atoms in total. The molecule has 2 heterocycles. The molecule has 2 aromatic heterocycles. The first-order valence-corrected chi connectivity index (χ1v) is 6.95. The summed E-state index contributed by atoms with van der Waals surface area (Å²) in [6, 6.07) is 9.86. The van der Waals surface area contributed by atoms with E-state index in [0.29, 0.717) is 0 Å². The Morgan fingerprint density at radius 3 is 2.89 bits per heavy atom. The van der Waals surface area contributed by atoms with Gasteiger partial charge in [-0.2, -0.15) is 11.3 Å². The normalized spacial score (nSPS) is 10.7. The van der Waals surface area contributed by atoms with Gasteiger partial charge < -0.3 is 4.98 Å². The Bertz CT molecular complexity index is 643. The number of rotatable bonds is 3. The SMILES string of the molecule is Clc1ccccc1-c1c[nH]c(Cc2ccsc2)n1. The molecule has 3 aromatic rings. The number of hydrogen-bond acceptors (Lipinski definition) is 2. The third-order valence-electron chi connectivity index (χ3n) is 2.73. The Kier molecular flexibility index (Phi) is 3.17. The van der Waals surface area contributed by atoms with Gasteiger partial charge in [-0.25, -0.2) is 4.98 Å². The van der Waals surface area contributed by atoms with E-state index >= 15 is 0 Å². The number of aromatic nitrogens is 2. The summed E-state index contributed by atoms with van der Waals surface area (Å²) in [5.41, 5.74) is 3.14. The molecular formula is C14H11ClN2S. The summed E-state index contributed by atoms with van der Waals surface area (Å²) in [4.78, 5) is 7.79. The molecular weight excluding hydrogens is 264 g/mol. The van der Waals surface area contributed by atoms with E-state index in [0.717, 1.165) is 28.5 Å². The molecule has 0 bridgehead atoms. The molecule has 0 aliphatic carbocycles. The Labute approximate surface area is 114 Å². The highest BCUT2D eigenvalue weighted by Gasteiger charge is 2.07. The van der Waals surface area contributed by atoms with Crippen LogP contribution < -0.4 is 0 Å². The van der Waals surface area contributed by atoms with Gasteiger partial charge in [-0.1, -0.05) is 29.8 Å². The van der Waals surface area contributed by atoms with Crippen LogP contribution in [0, 0.1) is 0 Å². The average Bonchev–Trinajstić information content (AvgIpc) is 3.02. The summed E-state index contributed by atoms with van der Waals surface area (Å²) in [7, 11) is 0. The molecule has 0 fully saturated rings. The molecule has 1 aromatic carbocycles. The molecule has 90 valence electrons. The summed E-state index contributed by atoms with van der Waals surface area (Å²) in [5, 5.41) is 4.94. The number of nitrogens with one attached hydrogen (secondary N) is 1. The van der Waals surface area contributed by atoms with Crippen molar-refractivity contribution in [2.45, 2.75) is 6.42 Å².